The number of aliphatic carboxylic acids is 1. The number of halogens is 2. The van der Waals surface area contributed by atoms with E-state index in [1.807, 2.05) is 6.92 Å². The Morgan fingerprint density at radius 3 is 2.74 bits per heavy atom. The number of rotatable bonds is 5. The third kappa shape index (κ3) is 2.93. The second kappa shape index (κ2) is 5.67. The van der Waals surface area contributed by atoms with Crippen LogP contribution >= 0.6 is 23.2 Å². The summed E-state index contributed by atoms with van der Waals surface area (Å²) in [4.78, 5) is 15.0. The molecule has 0 saturated carbocycles. The molecule has 0 aliphatic rings. The molecule has 1 aromatic heterocycles. The number of carbonyl (C=O) groups is 1. The molecule has 0 bridgehead atoms. The number of carboxylic acid groups (broad SMARTS) is 1. The van der Waals surface area contributed by atoms with Gasteiger partial charge < -0.3 is 9.84 Å². The molecule has 0 saturated heterocycles. The molecule has 0 radical (unpaired) electrons. The van der Waals surface area contributed by atoms with Crippen molar-refractivity contribution in [2.24, 2.45) is 0 Å². The summed E-state index contributed by atoms with van der Waals surface area (Å²) in [6.45, 7) is 2.54. The molecule has 1 aromatic carbocycles. The molecule has 0 unspecified atom stereocenters. The van der Waals surface area contributed by atoms with Crippen LogP contribution in [0.4, 0.5) is 0 Å². The summed E-state index contributed by atoms with van der Waals surface area (Å²) in [5.74, 6) is -0.885. The molecule has 0 atom stereocenters. The van der Waals surface area contributed by atoms with Crippen LogP contribution in [-0.4, -0.2) is 27.2 Å². The van der Waals surface area contributed by atoms with E-state index < -0.39 is 5.97 Å². The topological polar surface area (TPSA) is 64.4 Å². The average Bonchev–Trinajstić information content (AvgIpc) is 2.65. The lowest BCUT2D eigenvalue weighted by atomic mass is 10.3. The molecule has 102 valence electrons. The highest BCUT2D eigenvalue weighted by atomic mass is 35.5. The number of aryl methyl sites for hydroxylation is 1. The molecule has 1 heterocycles. The first-order valence-electron chi connectivity index (χ1n) is 5.72. The zero-order chi connectivity index (χ0) is 14.0. The second-order valence-corrected chi connectivity index (χ2v) is 4.69. The monoisotopic (exact) mass is 302 g/mol. The van der Waals surface area contributed by atoms with Crippen molar-refractivity contribution in [1.82, 2.24) is 9.55 Å². The van der Waals surface area contributed by atoms with Gasteiger partial charge in [0.15, 0.2) is 0 Å². The summed E-state index contributed by atoms with van der Waals surface area (Å²) in [6, 6.07) is 3.67. The van der Waals surface area contributed by atoms with Gasteiger partial charge in [0, 0.05) is 6.54 Å². The standard InChI is InChI=1S/C12H12Cl2N2O3/c1-2-19-12-15-9-5-7(13)8(14)6-10(9)16(12)4-3-11(17)18/h5-6H,2-4H2,1H3,(H,17,18). The Labute approximate surface area is 119 Å². The fourth-order valence-corrected chi connectivity index (χ4v) is 2.08. The predicted molar refractivity (Wildman–Crippen MR) is 73.2 cm³/mol. The van der Waals surface area contributed by atoms with Crippen LogP contribution in [0.2, 0.25) is 10.0 Å². The number of nitrogens with zero attached hydrogens (tertiary/aromatic N) is 2. The minimum Gasteiger partial charge on any atom is -0.481 e. The summed E-state index contributed by atoms with van der Waals surface area (Å²) in [6.07, 6.45) is -0.0220. The number of carboxylic acids is 1. The van der Waals surface area contributed by atoms with Gasteiger partial charge in [-0.1, -0.05) is 23.2 Å². The lowest BCUT2D eigenvalue weighted by Gasteiger charge is -2.07. The molecule has 5 nitrogen and oxygen atoms in total. The summed E-state index contributed by atoms with van der Waals surface area (Å²) in [5, 5.41) is 9.58. The Kier molecular flexibility index (Phi) is 4.17. The number of aromatic nitrogens is 2. The van der Waals surface area contributed by atoms with Gasteiger partial charge in [-0.2, -0.15) is 4.98 Å². The number of hydrogen-bond donors (Lipinski definition) is 1. The van der Waals surface area contributed by atoms with Gasteiger partial charge in [-0.05, 0) is 19.1 Å². The van der Waals surface area contributed by atoms with Crippen molar-refractivity contribution in [3.8, 4) is 6.01 Å². The Morgan fingerprint density at radius 1 is 1.42 bits per heavy atom. The normalized spacial score (nSPS) is 10.9. The van der Waals surface area contributed by atoms with Gasteiger partial charge in [-0.3, -0.25) is 9.36 Å². The fourth-order valence-electron chi connectivity index (χ4n) is 1.76. The molecule has 0 aliphatic carbocycles. The third-order valence-electron chi connectivity index (χ3n) is 2.58. The minimum absolute atomic E-state index is 0.0220. The highest BCUT2D eigenvalue weighted by Gasteiger charge is 2.14. The summed E-state index contributed by atoms with van der Waals surface area (Å²) < 4.78 is 7.10. The average molecular weight is 303 g/mol. The number of ether oxygens (including phenoxy) is 1. The van der Waals surface area contributed by atoms with Gasteiger partial charge in [0.05, 0.1) is 34.1 Å². The van der Waals surface area contributed by atoms with E-state index in [0.29, 0.717) is 33.7 Å². The zero-order valence-corrected chi connectivity index (χ0v) is 11.7. The van der Waals surface area contributed by atoms with Gasteiger partial charge in [0.2, 0.25) is 0 Å². The number of imidazole rings is 1. The van der Waals surface area contributed by atoms with Crippen molar-refractivity contribution >= 4 is 40.2 Å². The van der Waals surface area contributed by atoms with Crippen LogP contribution in [0.3, 0.4) is 0 Å². The fraction of sp³-hybridized carbons (Fsp3) is 0.333. The van der Waals surface area contributed by atoms with E-state index in [1.165, 1.54) is 0 Å². The Balaban J connectivity index is 2.51. The lowest BCUT2D eigenvalue weighted by molar-refractivity contribution is -0.137. The van der Waals surface area contributed by atoms with Gasteiger partial charge in [0.25, 0.3) is 6.01 Å². The number of hydrogen-bond acceptors (Lipinski definition) is 3. The second-order valence-electron chi connectivity index (χ2n) is 3.88. The number of fused-ring (bicyclic) bond motifs is 1. The molecule has 1 N–H and O–H groups in total. The molecule has 2 rings (SSSR count). The molecular weight excluding hydrogens is 291 g/mol. The Bertz CT molecular complexity index is 625. The Morgan fingerprint density at radius 2 is 2.11 bits per heavy atom. The zero-order valence-electron chi connectivity index (χ0n) is 10.2. The quantitative estimate of drug-likeness (QED) is 0.921. The molecule has 0 fully saturated rings. The van der Waals surface area contributed by atoms with Crippen LogP contribution < -0.4 is 4.74 Å². The maximum Gasteiger partial charge on any atom is 0.305 e. The molecule has 7 heteroatoms. The summed E-state index contributed by atoms with van der Waals surface area (Å²) >= 11 is 11.9. The van der Waals surface area contributed by atoms with Crippen LogP contribution in [0.25, 0.3) is 11.0 Å². The van der Waals surface area contributed by atoms with Crippen molar-refractivity contribution < 1.29 is 14.6 Å². The molecular formula is C12H12Cl2N2O3. The van der Waals surface area contributed by atoms with Crippen molar-refractivity contribution in [3.05, 3.63) is 22.2 Å². The maximum atomic E-state index is 10.7. The van der Waals surface area contributed by atoms with E-state index in [9.17, 15) is 4.79 Å². The third-order valence-corrected chi connectivity index (χ3v) is 3.30. The summed E-state index contributed by atoms with van der Waals surface area (Å²) in [5.41, 5.74) is 1.34. The van der Waals surface area contributed by atoms with Crippen molar-refractivity contribution in [1.29, 1.82) is 0 Å². The molecule has 0 spiro atoms. The first-order valence-corrected chi connectivity index (χ1v) is 6.48. The lowest BCUT2D eigenvalue weighted by Crippen LogP contribution is -2.07. The van der Waals surface area contributed by atoms with Crippen LogP contribution in [0, 0.1) is 0 Å². The van der Waals surface area contributed by atoms with E-state index >= 15 is 0 Å². The van der Waals surface area contributed by atoms with Gasteiger partial charge >= 0.3 is 5.97 Å². The SMILES string of the molecule is CCOc1nc2cc(Cl)c(Cl)cc2n1CCC(=O)O. The molecule has 0 amide bonds. The van der Waals surface area contributed by atoms with E-state index in [2.05, 4.69) is 4.98 Å². The van der Waals surface area contributed by atoms with Gasteiger partial charge in [-0.15, -0.1) is 0 Å². The van der Waals surface area contributed by atoms with E-state index in [-0.39, 0.29) is 13.0 Å². The van der Waals surface area contributed by atoms with Crippen molar-refractivity contribution in [3.63, 3.8) is 0 Å². The van der Waals surface area contributed by atoms with Crippen LogP contribution in [-0.2, 0) is 11.3 Å². The van der Waals surface area contributed by atoms with Crippen LogP contribution in [0.5, 0.6) is 6.01 Å². The van der Waals surface area contributed by atoms with Gasteiger partial charge in [-0.25, -0.2) is 0 Å². The van der Waals surface area contributed by atoms with E-state index in [1.54, 1.807) is 16.7 Å². The maximum absolute atomic E-state index is 10.7. The van der Waals surface area contributed by atoms with Crippen LogP contribution in [0.15, 0.2) is 12.1 Å². The highest BCUT2D eigenvalue weighted by molar-refractivity contribution is 6.42. The van der Waals surface area contributed by atoms with Crippen LogP contribution in [0.1, 0.15) is 13.3 Å². The Hall–Kier alpha value is -1.46. The highest BCUT2D eigenvalue weighted by Crippen LogP contribution is 2.30. The largest absolute Gasteiger partial charge is 0.481 e. The molecule has 2 aromatic rings. The summed E-state index contributed by atoms with van der Waals surface area (Å²) in [7, 11) is 0. The molecule has 0 aliphatic heterocycles. The van der Waals surface area contributed by atoms with Gasteiger partial charge in [0.1, 0.15) is 0 Å². The number of benzene rings is 1. The van der Waals surface area contributed by atoms with E-state index in [4.69, 9.17) is 33.0 Å². The first-order chi connectivity index (χ1) is 9.02. The molecule has 19 heavy (non-hydrogen) atoms. The minimum atomic E-state index is -0.885. The predicted octanol–water partition coefficient (Wildman–Crippen LogP) is 3.22. The smallest absolute Gasteiger partial charge is 0.305 e. The first kappa shape index (κ1) is 14.0. The van der Waals surface area contributed by atoms with E-state index in [0.717, 1.165) is 0 Å². The van der Waals surface area contributed by atoms with Crippen molar-refractivity contribution in [2.45, 2.75) is 19.9 Å². The van der Waals surface area contributed by atoms with Crippen molar-refractivity contribution in [2.75, 3.05) is 6.61 Å².